The normalized spacial score (nSPS) is 12.3. The molecule has 4 nitrogen and oxygen atoms in total. The summed E-state index contributed by atoms with van der Waals surface area (Å²) in [5, 5.41) is 0. The van der Waals surface area contributed by atoms with Gasteiger partial charge in [-0.25, -0.2) is 0 Å². The van der Waals surface area contributed by atoms with Crippen LogP contribution in [-0.2, 0) is 6.42 Å². The van der Waals surface area contributed by atoms with Crippen molar-refractivity contribution in [1.82, 2.24) is 15.4 Å². The van der Waals surface area contributed by atoms with Crippen molar-refractivity contribution < 1.29 is 0 Å². The van der Waals surface area contributed by atoms with Crippen molar-refractivity contribution in [3.63, 3.8) is 0 Å². The Balaban J connectivity index is 2.13. The van der Waals surface area contributed by atoms with Gasteiger partial charge in [-0.15, -0.1) is 0 Å². The maximum Gasteiger partial charge on any atom is 0.0515 e. The fourth-order valence-electron chi connectivity index (χ4n) is 1.61. The van der Waals surface area contributed by atoms with Crippen LogP contribution in [0.4, 0.5) is 0 Å². The molecule has 2 aromatic rings. The highest BCUT2D eigenvalue weighted by Crippen LogP contribution is 2.15. The number of nitrogens with one attached hydrogen (secondary N) is 1. The quantitative estimate of drug-likeness (QED) is 0.593. The number of nitrogens with zero attached hydrogens (tertiary/aromatic N) is 2. The molecule has 2 aromatic heterocycles. The van der Waals surface area contributed by atoms with Crippen molar-refractivity contribution in [3.05, 3.63) is 60.2 Å². The van der Waals surface area contributed by atoms with E-state index in [0.717, 1.165) is 12.0 Å². The van der Waals surface area contributed by atoms with Crippen LogP contribution in [0.2, 0.25) is 0 Å². The van der Waals surface area contributed by atoms with Crippen LogP contribution in [0.1, 0.15) is 17.2 Å². The topological polar surface area (TPSA) is 63.8 Å². The minimum atomic E-state index is 0.0797. The average molecular weight is 214 g/mol. The van der Waals surface area contributed by atoms with Crippen LogP contribution in [0.15, 0.2) is 49.1 Å². The van der Waals surface area contributed by atoms with Crippen molar-refractivity contribution in [3.8, 4) is 0 Å². The van der Waals surface area contributed by atoms with Crippen LogP contribution >= 0.6 is 0 Å². The molecule has 0 aliphatic heterocycles. The number of pyridine rings is 2. The monoisotopic (exact) mass is 214 g/mol. The highest BCUT2D eigenvalue weighted by molar-refractivity contribution is 5.19. The molecule has 1 unspecified atom stereocenters. The van der Waals surface area contributed by atoms with Gasteiger partial charge in [0, 0.05) is 24.8 Å². The molecule has 82 valence electrons. The third-order valence-electron chi connectivity index (χ3n) is 2.48. The van der Waals surface area contributed by atoms with E-state index >= 15 is 0 Å². The standard InChI is InChI=1S/C12H14N4/c13-16-12(11-2-1-5-15-9-11)8-10-3-6-14-7-4-10/h1-7,9,12,16H,8,13H2. The highest BCUT2D eigenvalue weighted by atomic mass is 15.2. The number of hydrazine groups is 1. The minimum Gasteiger partial charge on any atom is -0.271 e. The van der Waals surface area contributed by atoms with E-state index in [0.29, 0.717) is 0 Å². The van der Waals surface area contributed by atoms with Crippen molar-refractivity contribution >= 4 is 0 Å². The lowest BCUT2D eigenvalue weighted by Crippen LogP contribution is -2.29. The Morgan fingerprint density at radius 1 is 1.12 bits per heavy atom. The highest BCUT2D eigenvalue weighted by Gasteiger charge is 2.09. The molecule has 2 rings (SSSR count). The van der Waals surface area contributed by atoms with E-state index < -0.39 is 0 Å². The van der Waals surface area contributed by atoms with Gasteiger partial charge < -0.3 is 0 Å². The molecule has 0 fully saturated rings. The summed E-state index contributed by atoms with van der Waals surface area (Å²) >= 11 is 0. The van der Waals surface area contributed by atoms with Gasteiger partial charge in [-0.1, -0.05) is 6.07 Å². The Kier molecular flexibility index (Phi) is 3.58. The van der Waals surface area contributed by atoms with Crippen molar-refractivity contribution in [2.45, 2.75) is 12.5 Å². The molecule has 0 saturated heterocycles. The number of hydrogen-bond donors (Lipinski definition) is 2. The SMILES string of the molecule is NNC(Cc1ccncc1)c1cccnc1. The molecule has 0 aliphatic carbocycles. The molecule has 0 amide bonds. The minimum absolute atomic E-state index is 0.0797. The average Bonchev–Trinajstić information content (AvgIpc) is 2.38. The fraction of sp³-hybridized carbons (Fsp3) is 0.167. The molecule has 0 saturated carbocycles. The second-order valence-corrected chi connectivity index (χ2v) is 3.57. The first-order valence-electron chi connectivity index (χ1n) is 5.15. The maximum atomic E-state index is 5.56. The van der Waals surface area contributed by atoms with Gasteiger partial charge in [-0.05, 0) is 35.7 Å². The second kappa shape index (κ2) is 5.34. The summed E-state index contributed by atoms with van der Waals surface area (Å²) in [6.45, 7) is 0. The van der Waals surface area contributed by atoms with Gasteiger partial charge in [-0.3, -0.25) is 21.2 Å². The van der Waals surface area contributed by atoms with Crippen molar-refractivity contribution in [2.75, 3.05) is 0 Å². The van der Waals surface area contributed by atoms with E-state index in [1.165, 1.54) is 5.56 Å². The number of aromatic nitrogens is 2. The summed E-state index contributed by atoms with van der Waals surface area (Å²) in [5.74, 6) is 5.56. The summed E-state index contributed by atoms with van der Waals surface area (Å²) in [6.07, 6.45) is 7.97. The lowest BCUT2D eigenvalue weighted by molar-refractivity contribution is 0.550. The van der Waals surface area contributed by atoms with Gasteiger partial charge in [-0.2, -0.15) is 0 Å². The number of nitrogens with two attached hydrogens (primary N) is 1. The Morgan fingerprint density at radius 2 is 1.94 bits per heavy atom. The first kappa shape index (κ1) is 10.7. The van der Waals surface area contributed by atoms with E-state index in [9.17, 15) is 0 Å². The predicted octanol–water partition coefficient (Wildman–Crippen LogP) is 1.22. The fourth-order valence-corrected chi connectivity index (χ4v) is 1.61. The molecule has 4 heteroatoms. The summed E-state index contributed by atoms with van der Waals surface area (Å²) < 4.78 is 0. The van der Waals surface area contributed by atoms with Gasteiger partial charge in [0.2, 0.25) is 0 Å². The van der Waals surface area contributed by atoms with Gasteiger partial charge in [0.15, 0.2) is 0 Å². The number of rotatable bonds is 4. The van der Waals surface area contributed by atoms with Gasteiger partial charge in [0.1, 0.15) is 0 Å². The molecule has 0 bridgehead atoms. The lowest BCUT2D eigenvalue weighted by Gasteiger charge is -2.15. The smallest absolute Gasteiger partial charge is 0.0515 e. The Bertz CT molecular complexity index is 416. The van der Waals surface area contributed by atoms with Gasteiger partial charge in [0.25, 0.3) is 0 Å². The van der Waals surface area contributed by atoms with Crippen LogP contribution in [0, 0.1) is 0 Å². The summed E-state index contributed by atoms with van der Waals surface area (Å²) in [5.41, 5.74) is 5.09. The largest absolute Gasteiger partial charge is 0.271 e. The zero-order chi connectivity index (χ0) is 11.2. The van der Waals surface area contributed by atoms with Crippen LogP contribution in [0.3, 0.4) is 0 Å². The van der Waals surface area contributed by atoms with Crippen LogP contribution < -0.4 is 11.3 Å². The molecule has 3 N–H and O–H groups in total. The van der Waals surface area contributed by atoms with Crippen LogP contribution in [-0.4, -0.2) is 9.97 Å². The Morgan fingerprint density at radius 3 is 2.56 bits per heavy atom. The zero-order valence-corrected chi connectivity index (χ0v) is 8.88. The van der Waals surface area contributed by atoms with E-state index in [1.807, 2.05) is 30.5 Å². The molecule has 0 radical (unpaired) electrons. The lowest BCUT2D eigenvalue weighted by atomic mass is 10.0. The van der Waals surface area contributed by atoms with Crippen LogP contribution in [0.25, 0.3) is 0 Å². The summed E-state index contributed by atoms with van der Waals surface area (Å²) in [4.78, 5) is 8.07. The van der Waals surface area contributed by atoms with Gasteiger partial charge in [0.05, 0.1) is 6.04 Å². The van der Waals surface area contributed by atoms with E-state index in [1.54, 1.807) is 18.6 Å². The first-order chi connectivity index (χ1) is 7.90. The summed E-state index contributed by atoms with van der Waals surface area (Å²) in [7, 11) is 0. The van der Waals surface area contributed by atoms with Crippen molar-refractivity contribution in [1.29, 1.82) is 0 Å². The Hall–Kier alpha value is -1.78. The molecule has 2 heterocycles. The van der Waals surface area contributed by atoms with Crippen molar-refractivity contribution in [2.24, 2.45) is 5.84 Å². The Labute approximate surface area is 94.5 Å². The molecule has 1 atom stereocenters. The molecule has 0 spiro atoms. The third kappa shape index (κ3) is 2.62. The summed E-state index contributed by atoms with van der Waals surface area (Å²) in [6, 6.07) is 7.97. The molecule has 0 aliphatic rings. The molecular weight excluding hydrogens is 200 g/mol. The second-order valence-electron chi connectivity index (χ2n) is 3.57. The number of hydrogen-bond acceptors (Lipinski definition) is 4. The van der Waals surface area contributed by atoms with E-state index in [2.05, 4.69) is 15.4 Å². The third-order valence-corrected chi connectivity index (χ3v) is 2.48. The first-order valence-corrected chi connectivity index (χ1v) is 5.15. The zero-order valence-electron chi connectivity index (χ0n) is 8.88. The predicted molar refractivity (Wildman–Crippen MR) is 62.2 cm³/mol. The maximum absolute atomic E-state index is 5.56. The molecule has 16 heavy (non-hydrogen) atoms. The van der Waals surface area contributed by atoms with E-state index in [-0.39, 0.29) is 6.04 Å². The molecular formula is C12H14N4. The van der Waals surface area contributed by atoms with Crippen LogP contribution in [0.5, 0.6) is 0 Å². The van der Waals surface area contributed by atoms with E-state index in [4.69, 9.17) is 5.84 Å². The molecule has 0 aromatic carbocycles. The van der Waals surface area contributed by atoms with Gasteiger partial charge >= 0.3 is 0 Å².